The first-order valence-corrected chi connectivity index (χ1v) is 11.7. The minimum Gasteiger partial charge on any atom is -0.317 e. The molecule has 0 spiro atoms. The van der Waals surface area contributed by atoms with Gasteiger partial charge in [-0.05, 0) is 63.1 Å². The average Bonchev–Trinajstić information content (AvgIpc) is 2.96. The molecule has 0 aliphatic rings. The van der Waals surface area contributed by atoms with Gasteiger partial charge >= 0.3 is 0 Å². The first-order valence-electron chi connectivity index (χ1n) is 9.19. The summed E-state index contributed by atoms with van der Waals surface area (Å²) in [4.78, 5) is 17.5. The van der Waals surface area contributed by atoms with Crippen molar-refractivity contribution in [2.45, 2.75) is 45.6 Å². The highest BCUT2D eigenvalue weighted by Crippen LogP contribution is 2.22. The molecule has 5 nitrogen and oxygen atoms in total. The van der Waals surface area contributed by atoms with Gasteiger partial charge in [0.05, 0.1) is 20.9 Å². The number of sulfone groups is 1. The Labute approximate surface area is 169 Å². The molecule has 0 fully saturated rings. The van der Waals surface area contributed by atoms with Crippen LogP contribution >= 0.6 is 11.3 Å². The van der Waals surface area contributed by atoms with Crippen molar-refractivity contribution in [3.05, 3.63) is 57.9 Å². The molecule has 148 valence electrons. The fourth-order valence-corrected chi connectivity index (χ4v) is 5.38. The molecule has 0 aliphatic heterocycles. The number of aryl methyl sites for hydroxylation is 4. The Hall–Kier alpha value is -2.25. The highest BCUT2D eigenvalue weighted by atomic mass is 32.2. The summed E-state index contributed by atoms with van der Waals surface area (Å²) < 4.78 is 28.0. The Kier molecular flexibility index (Phi) is 5.86. The monoisotopic (exact) mass is 416 g/mol. The summed E-state index contributed by atoms with van der Waals surface area (Å²) in [7, 11) is -3.50. The molecular formula is C21H24N2O3S2. The number of aromatic nitrogens is 1. The zero-order chi connectivity index (χ0) is 20.5. The third-order valence-electron chi connectivity index (χ3n) is 4.80. The van der Waals surface area contributed by atoms with Crippen LogP contribution in [0.25, 0.3) is 10.2 Å². The van der Waals surface area contributed by atoms with Gasteiger partial charge in [0.1, 0.15) is 0 Å². The number of fused-ring (bicyclic) bond motifs is 1. The molecule has 2 aromatic carbocycles. The number of hydrogen-bond acceptors (Lipinski definition) is 4. The van der Waals surface area contributed by atoms with Crippen LogP contribution in [-0.4, -0.2) is 24.6 Å². The Morgan fingerprint density at radius 1 is 1.07 bits per heavy atom. The molecule has 0 N–H and O–H groups in total. The van der Waals surface area contributed by atoms with Crippen LogP contribution in [0.2, 0.25) is 0 Å². The molecule has 1 amide bonds. The van der Waals surface area contributed by atoms with Crippen molar-refractivity contribution in [2.75, 3.05) is 5.75 Å². The molecule has 1 aromatic heterocycles. The number of carbonyl (C=O) groups is 1. The number of benzene rings is 2. The molecule has 3 rings (SSSR count). The molecule has 3 aromatic rings. The van der Waals surface area contributed by atoms with E-state index in [1.807, 2.05) is 18.4 Å². The number of carbonyl (C=O) groups excluding carboxylic acids is 1. The molecule has 7 heteroatoms. The van der Waals surface area contributed by atoms with Gasteiger partial charge in [0.2, 0.25) is 5.91 Å². The standard InChI is InChI=1S/C21H24N2O3S2/c1-5-23-18-12-15(3)16(4)13-19(18)27-21(23)22-20(24)10-11-28(25,26)17-8-6-14(2)7-9-17/h6-9,12-13H,5,10-11H2,1-4H3. The largest absolute Gasteiger partial charge is 0.317 e. The molecule has 28 heavy (non-hydrogen) atoms. The average molecular weight is 417 g/mol. The quantitative estimate of drug-likeness (QED) is 0.633. The summed E-state index contributed by atoms with van der Waals surface area (Å²) in [5.41, 5.74) is 4.42. The molecule has 0 radical (unpaired) electrons. The van der Waals surface area contributed by atoms with E-state index in [-0.39, 0.29) is 17.1 Å². The van der Waals surface area contributed by atoms with Gasteiger partial charge in [-0.25, -0.2) is 8.42 Å². The van der Waals surface area contributed by atoms with E-state index in [0.717, 1.165) is 15.8 Å². The summed E-state index contributed by atoms with van der Waals surface area (Å²) >= 11 is 1.46. The van der Waals surface area contributed by atoms with Crippen molar-refractivity contribution in [3.63, 3.8) is 0 Å². The molecule has 0 saturated heterocycles. The van der Waals surface area contributed by atoms with Gasteiger partial charge < -0.3 is 4.57 Å². The van der Waals surface area contributed by atoms with Crippen molar-refractivity contribution in [3.8, 4) is 0 Å². The molecule has 0 aliphatic carbocycles. The molecule has 1 heterocycles. The maximum Gasteiger partial charge on any atom is 0.249 e. The van der Waals surface area contributed by atoms with Crippen molar-refractivity contribution in [2.24, 2.45) is 4.99 Å². The maximum absolute atomic E-state index is 12.4. The zero-order valence-corrected chi connectivity index (χ0v) is 18.2. The van der Waals surface area contributed by atoms with Gasteiger partial charge in [0, 0.05) is 13.0 Å². The van der Waals surface area contributed by atoms with Crippen molar-refractivity contribution < 1.29 is 13.2 Å². The summed E-state index contributed by atoms with van der Waals surface area (Å²) in [6, 6.07) is 10.9. The van der Waals surface area contributed by atoms with E-state index in [1.165, 1.54) is 22.5 Å². The van der Waals surface area contributed by atoms with Crippen LogP contribution in [0.15, 0.2) is 46.3 Å². The second kappa shape index (κ2) is 8.01. The Balaban J connectivity index is 1.85. The summed E-state index contributed by atoms with van der Waals surface area (Å²) in [6.07, 6.45) is -0.133. The lowest BCUT2D eigenvalue weighted by Gasteiger charge is -2.04. The SMILES string of the molecule is CCn1c(=NC(=O)CCS(=O)(=O)c2ccc(C)cc2)sc2cc(C)c(C)cc21. The second-order valence-electron chi connectivity index (χ2n) is 6.92. The lowest BCUT2D eigenvalue weighted by Crippen LogP contribution is -2.17. The number of rotatable bonds is 5. The number of thiazole rings is 1. The fraction of sp³-hybridized carbons (Fsp3) is 0.333. The first kappa shape index (κ1) is 20.5. The van der Waals surface area contributed by atoms with Crippen LogP contribution in [0.3, 0.4) is 0 Å². The Morgan fingerprint density at radius 3 is 2.36 bits per heavy atom. The van der Waals surface area contributed by atoms with Crippen LogP contribution in [0.1, 0.15) is 30.0 Å². The Bertz CT molecular complexity index is 1200. The second-order valence-corrected chi connectivity index (χ2v) is 10.0. The lowest BCUT2D eigenvalue weighted by molar-refractivity contribution is -0.117. The first-order chi connectivity index (χ1) is 13.2. The van der Waals surface area contributed by atoms with Crippen LogP contribution in [-0.2, 0) is 21.2 Å². The van der Waals surface area contributed by atoms with E-state index in [1.54, 1.807) is 24.3 Å². The van der Waals surface area contributed by atoms with Crippen molar-refractivity contribution in [1.29, 1.82) is 0 Å². The minimum absolute atomic E-state index is 0.133. The van der Waals surface area contributed by atoms with Gasteiger partial charge in [-0.15, -0.1) is 0 Å². The van der Waals surface area contributed by atoms with Crippen LogP contribution in [0.4, 0.5) is 0 Å². The molecule has 0 saturated carbocycles. The summed E-state index contributed by atoms with van der Waals surface area (Å²) in [5.74, 6) is -0.661. The normalized spacial score (nSPS) is 12.6. The van der Waals surface area contributed by atoms with Gasteiger partial charge in [-0.3, -0.25) is 4.79 Å². The van der Waals surface area contributed by atoms with E-state index in [0.29, 0.717) is 11.3 Å². The van der Waals surface area contributed by atoms with E-state index < -0.39 is 15.7 Å². The Morgan fingerprint density at radius 2 is 1.71 bits per heavy atom. The predicted octanol–water partition coefficient (Wildman–Crippen LogP) is 3.94. The molecule has 0 bridgehead atoms. The van der Waals surface area contributed by atoms with Crippen molar-refractivity contribution in [1.82, 2.24) is 4.57 Å². The van der Waals surface area contributed by atoms with Crippen LogP contribution < -0.4 is 4.80 Å². The number of nitrogens with zero attached hydrogens (tertiary/aromatic N) is 2. The van der Waals surface area contributed by atoms with E-state index >= 15 is 0 Å². The van der Waals surface area contributed by atoms with Gasteiger partial charge in [-0.2, -0.15) is 4.99 Å². The highest BCUT2D eigenvalue weighted by Gasteiger charge is 2.16. The van der Waals surface area contributed by atoms with E-state index in [9.17, 15) is 13.2 Å². The van der Waals surface area contributed by atoms with Crippen molar-refractivity contribution >= 4 is 37.3 Å². The zero-order valence-electron chi connectivity index (χ0n) is 16.5. The third-order valence-corrected chi connectivity index (χ3v) is 7.57. The van der Waals surface area contributed by atoms with Gasteiger partial charge in [0.15, 0.2) is 14.6 Å². The van der Waals surface area contributed by atoms with E-state index in [2.05, 4.69) is 31.0 Å². The number of hydrogen-bond donors (Lipinski definition) is 0. The topological polar surface area (TPSA) is 68.5 Å². The lowest BCUT2D eigenvalue weighted by atomic mass is 10.1. The third kappa shape index (κ3) is 4.25. The fourth-order valence-electron chi connectivity index (χ4n) is 2.96. The van der Waals surface area contributed by atoms with Crippen LogP contribution in [0.5, 0.6) is 0 Å². The molecular weight excluding hydrogens is 392 g/mol. The smallest absolute Gasteiger partial charge is 0.249 e. The maximum atomic E-state index is 12.4. The van der Waals surface area contributed by atoms with Gasteiger partial charge in [0.25, 0.3) is 0 Å². The molecule has 0 unspecified atom stereocenters. The predicted molar refractivity (Wildman–Crippen MR) is 113 cm³/mol. The minimum atomic E-state index is -3.50. The van der Waals surface area contributed by atoms with Crippen LogP contribution in [0, 0.1) is 20.8 Å². The van der Waals surface area contributed by atoms with E-state index in [4.69, 9.17) is 0 Å². The van der Waals surface area contributed by atoms with Gasteiger partial charge in [-0.1, -0.05) is 29.0 Å². The summed E-state index contributed by atoms with van der Waals surface area (Å²) in [6.45, 7) is 8.71. The highest BCUT2D eigenvalue weighted by molar-refractivity contribution is 7.91. The summed E-state index contributed by atoms with van der Waals surface area (Å²) in [5, 5.41) is 0. The number of amides is 1. The molecule has 0 atom stereocenters.